The summed E-state index contributed by atoms with van der Waals surface area (Å²) in [5.41, 5.74) is -0.462. The van der Waals surface area contributed by atoms with Gasteiger partial charge in [-0.05, 0) is 37.1 Å². The van der Waals surface area contributed by atoms with E-state index in [0.29, 0.717) is 12.2 Å². The summed E-state index contributed by atoms with van der Waals surface area (Å²) in [5, 5.41) is 11.7. The number of carbonyl (C=O) groups excluding carboxylic acids is 1. The number of nitrogens with zero attached hydrogens (tertiary/aromatic N) is 1. The number of anilines is 1. The molecule has 1 aliphatic heterocycles. The maximum absolute atomic E-state index is 12.4. The van der Waals surface area contributed by atoms with E-state index >= 15 is 0 Å². The van der Waals surface area contributed by atoms with Gasteiger partial charge in [-0.1, -0.05) is 0 Å². The van der Waals surface area contributed by atoms with Gasteiger partial charge in [0.25, 0.3) is 0 Å². The molecule has 1 heterocycles. The fourth-order valence-electron chi connectivity index (χ4n) is 2.23. The maximum Gasteiger partial charge on any atom is 0.416 e. The molecule has 1 saturated heterocycles. The Balaban J connectivity index is 2.01. The van der Waals surface area contributed by atoms with Crippen molar-refractivity contribution >= 4 is 11.7 Å². The third-order valence-corrected chi connectivity index (χ3v) is 3.31. The molecule has 0 bridgehead atoms. The molecule has 1 aromatic carbocycles. The van der Waals surface area contributed by atoms with Crippen LogP contribution in [-0.2, 0) is 6.18 Å². The van der Waals surface area contributed by atoms with Crippen LogP contribution in [0, 0.1) is 0 Å². The Morgan fingerprint density at radius 3 is 2.55 bits per heavy atom. The Labute approximate surface area is 114 Å². The van der Waals surface area contributed by atoms with Crippen LogP contribution in [0.2, 0.25) is 0 Å². The highest BCUT2D eigenvalue weighted by Gasteiger charge is 2.30. The monoisotopic (exact) mass is 288 g/mol. The summed E-state index contributed by atoms with van der Waals surface area (Å²) in [5.74, 6) is 0. The van der Waals surface area contributed by atoms with E-state index in [4.69, 9.17) is 5.11 Å². The minimum atomic E-state index is -4.39. The van der Waals surface area contributed by atoms with Crippen LogP contribution in [0.4, 0.5) is 23.7 Å². The van der Waals surface area contributed by atoms with E-state index in [-0.39, 0.29) is 12.6 Å². The van der Waals surface area contributed by atoms with Crippen LogP contribution in [0.15, 0.2) is 24.3 Å². The summed E-state index contributed by atoms with van der Waals surface area (Å²) in [6.45, 7) is 0.429. The molecule has 1 atom stereocenters. The highest BCUT2D eigenvalue weighted by atomic mass is 19.4. The predicted molar refractivity (Wildman–Crippen MR) is 67.3 cm³/mol. The number of alkyl halides is 3. The normalized spacial score (nSPS) is 19.2. The first-order chi connectivity index (χ1) is 9.41. The second-order valence-electron chi connectivity index (χ2n) is 4.68. The smallest absolute Gasteiger partial charge is 0.394 e. The van der Waals surface area contributed by atoms with Gasteiger partial charge in [-0.3, -0.25) is 0 Å². The average molecular weight is 288 g/mol. The number of carbonyl (C=O) groups is 1. The lowest BCUT2D eigenvalue weighted by atomic mass is 10.2. The number of halogens is 3. The molecule has 1 fully saturated rings. The van der Waals surface area contributed by atoms with Gasteiger partial charge in [0, 0.05) is 12.2 Å². The third kappa shape index (κ3) is 3.22. The number of hydrogen-bond donors (Lipinski definition) is 2. The highest BCUT2D eigenvalue weighted by Crippen LogP contribution is 2.30. The van der Waals surface area contributed by atoms with E-state index in [9.17, 15) is 18.0 Å². The van der Waals surface area contributed by atoms with Gasteiger partial charge in [0.1, 0.15) is 0 Å². The first-order valence-electron chi connectivity index (χ1n) is 6.27. The van der Waals surface area contributed by atoms with Crippen LogP contribution in [-0.4, -0.2) is 35.2 Å². The SMILES string of the molecule is O=C(Nc1ccc(C(F)(F)F)cc1)N1CCC[C@H]1CO. The summed E-state index contributed by atoms with van der Waals surface area (Å²) < 4.78 is 37.2. The molecule has 0 radical (unpaired) electrons. The average Bonchev–Trinajstić information content (AvgIpc) is 2.86. The number of likely N-dealkylation sites (tertiary alicyclic amines) is 1. The molecular formula is C13H15F3N2O2. The second-order valence-corrected chi connectivity index (χ2v) is 4.68. The molecule has 0 aromatic heterocycles. The molecular weight excluding hydrogens is 273 g/mol. The molecule has 2 N–H and O–H groups in total. The van der Waals surface area contributed by atoms with Crippen LogP contribution < -0.4 is 5.32 Å². The van der Waals surface area contributed by atoms with Crippen LogP contribution in [0.1, 0.15) is 18.4 Å². The van der Waals surface area contributed by atoms with Gasteiger partial charge in [-0.25, -0.2) is 4.79 Å². The van der Waals surface area contributed by atoms with E-state index < -0.39 is 17.8 Å². The number of hydrogen-bond acceptors (Lipinski definition) is 2. The quantitative estimate of drug-likeness (QED) is 0.879. The number of benzene rings is 1. The molecule has 0 spiro atoms. The van der Waals surface area contributed by atoms with Crippen molar-refractivity contribution in [2.24, 2.45) is 0 Å². The van der Waals surface area contributed by atoms with E-state index in [1.54, 1.807) is 0 Å². The Bertz CT molecular complexity index is 473. The minimum absolute atomic E-state index is 0.111. The fourth-order valence-corrected chi connectivity index (χ4v) is 2.23. The summed E-state index contributed by atoms with van der Waals surface area (Å²) >= 11 is 0. The zero-order valence-corrected chi connectivity index (χ0v) is 10.7. The van der Waals surface area contributed by atoms with E-state index in [2.05, 4.69) is 5.32 Å². The van der Waals surface area contributed by atoms with Gasteiger partial charge in [0.15, 0.2) is 0 Å². The van der Waals surface area contributed by atoms with Crippen molar-refractivity contribution in [1.29, 1.82) is 0 Å². The van der Waals surface area contributed by atoms with Crippen molar-refractivity contribution < 1.29 is 23.1 Å². The number of urea groups is 1. The summed E-state index contributed by atoms with van der Waals surface area (Å²) in [4.78, 5) is 13.4. The molecule has 2 rings (SSSR count). The van der Waals surface area contributed by atoms with Crippen molar-refractivity contribution in [3.63, 3.8) is 0 Å². The molecule has 0 saturated carbocycles. The Kier molecular flexibility index (Phi) is 4.17. The fraction of sp³-hybridized carbons (Fsp3) is 0.462. The lowest BCUT2D eigenvalue weighted by Crippen LogP contribution is -2.40. The number of rotatable bonds is 2. The van der Waals surface area contributed by atoms with Crippen LogP contribution >= 0.6 is 0 Å². The Morgan fingerprint density at radius 2 is 2.00 bits per heavy atom. The van der Waals surface area contributed by atoms with E-state index in [1.807, 2.05) is 0 Å². The largest absolute Gasteiger partial charge is 0.416 e. The van der Waals surface area contributed by atoms with E-state index in [1.165, 1.54) is 17.0 Å². The number of aliphatic hydroxyl groups excluding tert-OH is 1. The molecule has 4 nitrogen and oxygen atoms in total. The van der Waals surface area contributed by atoms with Crippen LogP contribution in [0.3, 0.4) is 0 Å². The van der Waals surface area contributed by atoms with Crippen molar-refractivity contribution in [1.82, 2.24) is 4.90 Å². The first-order valence-corrected chi connectivity index (χ1v) is 6.27. The summed E-state index contributed by atoms with van der Waals surface area (Å²) in [6, 6.07) is 3.65. The standard InChI is InChI=1S/C13H15F3N2O2/c14-13(15,16)9-3-5-10(6-4-9)17-12(20)18-7-1-2-11(18)8-19/h3-6,11,19H,1-2,7-8H2,(H,17,20)/t11-/m0/s1. The summed E-state index contributed by atoms with van der Waals surface area (Å²) in [6.07, 6.45) is -2.85. The van der Waals surface area contributed by atoms with Crippen LogP contribution in [0.25, 0.3) is 0 Å². The zero-order valence-electron chi connectivity index (χ0n) is 10.7. The molecule has 0 aliphatic carbocycles. The molecule has 0 unspecified atom stereocenters. The first kappa shape index (κ1) is 14.6. The lowest BCUT2D eigenvalue weighted by molar-refractivity contribution is -0.137. The highest BCUT2D eigenvalue weighted by molar-refractivity contribution is 5.89. The molecule has 1 aromatic rings. The topological polar surface area (TPSA) is 52.6 Å². The lowest BCUT2D eigenvalue weighted by Gasteiger charge is -2.23. The molecule has 20 heavy (non-hydrogen) atoms. The molecule has 110 valence electrons. The Hall–Kier alpha value is -1.76. The van der Waals surface area contributed by atoms with Gasteiger partial charge in [0.05, 0.1) is 18.2 Å². The zero-order chi connectivity index (χ0) is 14.8. The van der Waals surface area contributed by atoms with Gasteiger partial charge in [-0.15, -0.1) is 0 Å². The molecule has 1 aliphatic rings. The van der Waals surface area contributed by atoms with Gasteiger partial charge in [0.2, 0.25) is 0 Å². The predicted octanol–water partition coefficient (Wildman–Crippen LogP) is 2.69. The minimum Gasteiger partial charge on any atom is -0.394 e. The van der Waals surface area contributed by atoms with Crippen LogP contribution in [0.5, 0.6) is 0 Å². The number of aliphatic hydroxyl groups is 1. The Morgan fingerprint density at radius 1 is 1.35 bits per heavy atom. The van der Waals surface area contributed by atoms with Crippen molar-refractivity contribution in [2.75, 3.05) is 18.5 Å². The van der Waals surface area contributed by atoms with Gasteiger partial charge >= 0.3 is 12.2 Å². The maximum atomic E-state index is 12.4. The summed E-state index contributed by atoms with van der Waals surface area (Å²) in [7, 11) is 0. The molecule has 2 amide bonds. The van der Waals surface area contributed by atoms with Crippen molar-refractivity contribution in [3.8, 4) is 0 Å². The van der Waals surface area contributed by atoms with Crippen molar-refractivity contribution in [2.45, 2.75) is 25.1 Å². The third-order valence-electron chi connectivity index (χ3n) is 3.31. The number of nitrogens with one attached hydrogen (secondary N) is 1. The number of amides is 2. The van der Waals surface area contributed by atoms with E-state index in [0.717, 1.165) is 25.0 Å². The van der Waals surface area contributed by atoms with Gasteiger partial charge in [-0.2, -0.15) is 13.2 Å². The van der Waals surface area contributed by atoms with Crippen molar-refractivity contribution in [3.05, 3.63) is 29.8 Å². The molecule has 7 heteroatoms. The van der Waals surface area contributed by atoms with Gasteiger partial charge < -0.3 is 15.3 Å². The second kappa shape index (κ2) is 5.70.